The van der Waals surface area contributed by atoms with Crippen LogP contribution in [0.2, 0.25) is 5.02 Å². The van der Waals surface area contributed by atoms with Gasteiger partial charge in [-0.3, -0.25) is 9.78 Å². The number of pyridine rings is 1. The van der Waals surface area contributed by atoms with E-state index in [1.54, 1.807) is 18.0 Å². The Morgan fingerprint density at radius 2 is 1.91 bits per heavy atom. The first kappa shape index (κ1) is 15.8. The lowest BCUT2D eigenvalue weighted by atomic mass is 10.1. The van der Waals surface area contributed by atoms with E-state index in [1.165, 1.54) is 0 Å². The van der Waals surface area contributed by atoms with Crippen LogP contribution in [0.1, 0.15) is 5.56 Å². The number of fused-ring (bicyclic) bond motifs is 1. The lowest BCUT2D eigenvalue weighted by Gasteiger charge is -2.08. The van der Waals surface area contributed by atoms with E-state index in [2.05, 4.69) is 10.3 Å². The maximum atomic E-state index is 12.0. The van der Waals surface area contributed by atoms with Crippen molar-refractivity contribution in [1.29, 1.82) is 0 Å². The number of anilines is 1. The smallest absolute Gasteiger partial charge is 0.234 e. The Bertz CT molecular complexity index is 824. The number of nitrogens with zero attached hydrogens (tertiary/aromatic N) is 1. The second-order valence-electron chi connectivity index (χ2n) is 5.01. The molecule has 23 heavy (non-hydrogen) atoms. The summed E-state index contributed by atoms with van der Waals surface area (Å²) in [4.78, 5) is 16.4. The van der Waals surface area contributed by atoms with Crippen LogP contribution in [0.5, 0.6) is 0 Å². The molecule has 1 N–H and O–H groups in total. The fourth-order valence-corrected chi connectivity index (χ4v) is 3.31. The average Bonchev–Trinajstić information content (AvgIpc) is 2.58. The first-order valence-electron chi connectivity index (χ1n) is 7.19. The number of thioether (sulfide) groups is 1. The summed E-state index contributed by atoms with van der Waals surface area (Å²) in [6, 6.07) is 17.1. The number of benzene rings is 2. The van der Waals surface area contributed by atoms with Crippen LogP contribution in [-0.2, 0) is 10.5 Å². The maximum Gasteiger partial charge on any atom is 0.234 e. The van der Waals surface area contributed by atoms with Gasteiger partial charge in [-0.25, -0.2) is 0 Å². The molecule has 0 bridgehead atoms. The normalized spacial score (nSPS) is 10.7. The molecular weight excluding hydrogens is 328 g/mol. The third-order valence-corrected chi connectivity index (χ3v) is 4.66. The van der Waals surface area contributed by atoms with Gasteiger partial charge in [-0.1, -0.05) is 35.9 Å². The molecule has 0 unspecified atom stereocenters. The molecular formula is C18H15ClN2OS. The second-order valence-corrected chi connectivity index (χ2v) is 6.41. The van der Waals surface area contributed by atoms with Crippen LogP contribution in [0.25, 0.3) is 10.9 Å². The van der Waals surface area contributed by atoms with Crippen molar-refractivity contribution in [2.24, 2.45) is 0 Å². The van der Waals surface area contributed by atoms with Crippen molar-refractivity contribution in [3.8, 4) is 0 Å². The van der Waals surface area contributed by atoms with E-state index in [1.807, 2.05) is 54.6 Å². The highest BCUT2D eigenvalue weighted by Crippen LogP contribution is 2.27. The van der Waals surface area contributed by atoms with Gasteiger partial charge in [0.25, 0.3) is 0 Å². The molecule has 0 fully saturated rings. The fraction of sp³-hybridized carbons (Fsp3) is 0.111. The quantitative estimate of drug-likeness (QED) is 0.726. The zero-order valence-corrected chi connectivity index (χ0v) is 13.9. The molecule has 3 rings (SSSR count). The number of aromatic nitrogens is 1. The van der Waals surface area contributed by atoms with Crippen molar-refractivity contribution in [2.45, 2.75) is 5.75 Å². The van der Waals surface area contributed by atoms with Crippen LogP contribution in [0, 0.1) is 0 Å². The standard InChI is InChI=1S/C18H15ClN2OS/c19-16-9-8-13(18-15(16)7-4-10-20-18)11-23-12-17(22)21-14-5-2-1-3-6-14/h1-10H,11-12H2,(H,21,22). The summed E-state index contributed by atoms with van der Waals surface area (Å²) in [5.74, 6) is 1.10. The molecule has 0 aliphatic carbocycles. The number of halogens is 1. The van der Waals surface area contributed by atoms with Crippen molar-refractivity contribution in [2.75, 3.05) is 11.1 Å². The van der Waals surface area contributed by atoms with E-state index in [-0.39, 0.29) is 5.91 Å². The van der Waals surface area contributed by atoms with Crippen LogP contribution < -0.4 is 5.32 Å². The number of nitrogens with one attached hydrogen (secondary N) is 1. The molecule has 1 amide bonds. The van der Waals surface area contributed by atoms with Crippen LogP contribution in [0.4, 0.5) is 5.69 Å². The van der Waals surface area contributed by atoms with Gasteiger partial charge in [0.05, 0.1) is 11.3 Å². The third-order valence-electron chi connectivity index (χ3n) is 3.35. The maximum absolute atomic E-state index is 12.0. The van der Waals surface area contributed by atoms with Crippen LogP contribution in [0.3, 0.4) is 0 Å². The highest BCUT2D eigenvalue weighted by molar-refractivity contribution is 7.99. The van der Waals surface area contributed by atoms with E-state index < -0.39 is 0 Å². The van der Waals surface area contributed by atoms with Crippen LogP contribution in [-0.4, -0.2) is 16.6 Å². The Balaban J connectivity index is 1.61. The number of rotatable bonds is 5. The van der Waals surface area contributed by atoms with Gasteiger partial charge in [-0.2, -0.15) is 0 Å². The third kappa shape index (κ3) is 4.03. The molecule has 5 heteroatoms. The van der Waals surface area contributed by atoms with E-state index >= 15 is 0 Å². The Kier molecular flexibility index (Phi) is 5.16. The van der Waals surface area contributed by atoms with Crippen molar-refractivity contribution in [3.63, 3.8) is 0 Å². The number of carbonyl (C=O) groups excluding carboxylic acids is 1. The van der Waals surface area contributed by atoms with Crippen molar-refractivity contribution < 1.29 is 4.79 Å². The van der Waals surface area contributed by atoms with Crippen molar-refractivity contribution >= 4 is 45.9 Å². The van der Waals surface area contributed by atoms with Gasteiger partial charge < -0.3 is 5.32 Å². The Hall–Kier alpha value is -2.04. The molecule has 116 valence electrons. The molecule has 0 radical (unpaired) electrons. The van der Waals surface area contributed by atoms with Gasteiger partial charge in [-0.05, 0) is 35.9 Å². The molecule has 0 atom stereocenters. The number of hydrogen-bond acceptors (Lipinski definition) is 3. The zero-order chi connectivity index (χ0) is 16.1. The van der Waals surface area contributed by atoms with E-state index in [9.17, 15) is 4.79 Å². The number of amides is 1. The minimum Gasteiger partial charge on any atom is -0.325 e. The summed E-state index contributed by atoms with van der Waals surface area (Å²) >= 11 is 7.75. The first-order chi connectivity index (χ1) is 11.2. The molecule has 3 aromatic rings. The molecule has 0 spiro atoms. The number of hydrogen-bond donors (Lipinski definition) is 1. The Morgan fingerprint density at radius 1 is 1.09 bits per heavy atom. The largest absolute Gasteiger partial charge is 0.325 e. The van der Waals surface area contributed by atoms with E-state index in [0.717, 1.165) is 22.2 Å². The Labute approximate surface area is 144 Å². The molecule has 0 saturated carbocycles. The average molecular weight is 343 g/mol. The zero-order valence-electron chi connectivity index (χ0n) is 12.3. The van der Waals surface area contributed by atoms with Gasteiger partial charge in [-0.15, -0.1) is 11.8 Å². The monoisotopic (exact) mass is 342 g/mol. The molecule has 0 aliphatic rings. The highest BCUT2D eigenvalue weighted by Gasteiger charge is 2.07. The van der Waals surface area contributed by atoms with E-state index in [0.29, 0.717) is 16.5 Å². The van der Waals surface area contributed by atoms with Crippen molar-refractivity contribution in [3.05, 3.63) is 71.4 Å². The van der Waals surface area contributed by atoms with Gasteiger partial charge in [0.1, 0.15) is 0 Å². The summed E-state index contributed by atoms with van der Waals surface area (Å²) in [6.07, 6.45) is 1.76. The SMILES string of the molecule is O=C(CSCc1ccc(Cl)c2cccnc12)Nc1ccccc1. The van der Waals surface area contributed by atoms with Crippen molar-refractivity contribution in [1.82, 2.24) is 4.98 Å². The molecule has 0 saturated heterocycles. The summed E-state index contributed by atoms with van der Waals surface area (Å²) in [7, 11) is 0. The van der Waals surface area contributed by atoms with Gasteiger partial charge in [0.2, 0.25) is 5.91 Å². The molecule has 2 aromatic carbocycles. The number of carbonyl (C=O) groups is 1. The molecule has 1 aromatic heterocycles. The second kappa shape index (κ2) is 7.49. The van der Waals surface area contributed by atoms with Gasteiger partial charge >= 0.3 is 0 Å². The van der Waals surface area contributed by atoms with Gasteiger partial charge in [0.15, 0.2) is 0 Å². The van der Waals surface area contributed by atoms with Gasteiger partial charge in [0, 0.05) is 28.0 Å². The molecule has 1 heterocycles. The molecule has 3 nitrogen and oxygen atoms in total. The predicted molar refractivity (Wildman–Crippen MR) is 98.0 cm³/mol. The lowest BCUT2D eigenvalue weighted by Crippen LogP contribution is -2.14. The summed E-state index contributed by atoms with van der Waals surface area (Å²) in [5.41, 5.74) is 2.80. The highest BCUT2D eigenvalue weighted by atomic mass is 35.5. The topological polar surface area (TPSA) is 42.0 Å². The minimum atomic E-state index is -0.00701. The Morgan fingerprint density at radius 3 is 2.74 bits per heavy atom. The number of para-hydroxylation sites is 1. The lowest BCUT2D eigenvalue weighted by molar-refractivity contribution is -0.113. The predicted octanol–water partition coefficient (Wildman–Crippen LogP) is 4.76. The summed E-state index contributed by atoms with van der Waals surface area (Å²) in [5, 5.41) is 4.52. The van der Waals surface area contributed by atoms with E-state index in [4.69, 9.17) is 11.6 Å². The molecule has 0 aliphatic heterocycles. The summed E-state index contributed by atoms with van der Waals surface area (Å²) < 4.78 is 0. The van der Waals surface area contributed by atoms with Crippen LogP contribution in [0.15, 0.2) is 60.8 Å². The fourth-order valence-electron chi connectivity index (χ4n) is 2.29. The minimum absolute atomic E-state index is 0.00701. The van der Waals surface area contributed by atoms with Crippen LogP contribution >= 0.6 is 23.4 Å². The first-order valence-corrected chi connectivity index (χ1v) is 8.72. The summed E-state index contributed by atoms with van der Waals surface area (Å²) in [6.45, 7) is 0.